The van der Waals surface area contributed by atoms with Crippen LogP contribution in [-0.2, 0) is 0 Å². The number of likely N-dealkylation sites (N-methyl/N-ethyl adjacent to an activating group) is 1. The van der Waals surface area contributed by atoms with Gasteiger partial charge in [0.05, 0.1) is 31.9 Å². The minimum Gasteiger partial charge on any atom is -0.497 e. The zero-order chi connectivity index (χ0) is 31.1. The van der Waals surface area contributed by atoms with Crippen molar-refractivity contribution in [2.24, 2.45) is 5.92 Å². The van der Waals surface area contributed by atoms with E-state index in [4.69, 9.17) is 9.47 Å². The molecule has 3 aromatic rings. The van der Waals surface area contributed by atoms with Crippen LogP contribution < -0.4 is 25.4 Å². The Morgan fingerprint density at radius 2 is 1.65 bits per heavy atom. The molecule has 12 heteroatoms. The predicted octanol–water partition coefficient (Wildman–Crippen LogP) is 4.86. The highest BCUT2D eigenvalue weighted by Crippen LogP contribution is 2.31. The number of methoxy groups -OCH3 is 1. The molecular weight excluding hydrogens is 557 g/mol. The topological polar surface area (TPSA) is 132 Å². The first-order valence-corrected chi connectivity index (χ1v) is 13.8. The molecule has 1 aliphatic heterocycles. The van der Waals surface area contributed by atoms with Gasteiger partial charge >= 0.3 is 12.1 Å². The summed E-state index contributed by atoms with van der Waals surface area (Å²) in [5.74, 6) is -0.0526. The van der Waals surface area contributed by atoms with Gasteiger partial charge < -0.3 is 40.3 Å². The van der Waals surface area contributed by atoms with E-state index in [-0.39, 0.29) is 42.8 Å². The summed E-state index contributed by atoms with van der Waals surface area (Å²) < 4.78 is 24.7. The number of nitrogens with one attached hydrogen (secondary N) is 3. The van der Waals surface area contributed by atoms with Crippen LogP contribution in [0.5, 0.6) is 11.5 Å². The number of halogens is 1. The summed E-state index contributed by atoms with van der Waals surface area (Å²) >= 11 is 0. The average molecular weight is 594 g/mol. The van der Waals surface area contributed by atoms with Gasteiger partial charge in [0.1, 0.15) is 23.4 Å². The van der Waals surface area contributed by atoms with Crippen LogP contribution in [0.3, 0.4) is 0 Å². The Kier molecular flexibility index (Phi) is 10.0. The third-order valence-corrected chi connectivity index (χ3v) is 7.17. The van der Waals surface area contributed by atoms with Crippen LogP contribution in [0, 0.1) is 11.7 Å². The Bertz CT molecular complexity index is 1440. The van der Waals surface area contributed by atoms with Gasteiger partial charge in [-0.3, -0.25) is 4.79 Å². The molecule has 5 amide bonds. The van der Waals surface area contributed by atoms with Crippen LogP contribution in [0.2, 0.25) is 0 Å². The van der Waals surface area contributed by atoms with Crippen LogP contribution in [-0.4, -0.2) is 78.9 Å². The third kappa shape index (κ3) is 7.92. The number of aliphatic hydroxyl groups is 1. The van der Waals surface area contributed by atoms with Crippen molar-refractivity contribution in [2.75, 3.05) is 49.8 Å². The lowest BCUT2D eigenvalue weighted by atomic mass is 9.99. The Morgan fingerprint density at radius 1 is 1.05 bits per heavy atom. The molecule has 0 bridgehead atoms. The van der Waals surface area contributed by atoms with Crippen molar-refractivity contribution in [1.29, 1.82) is 0 Å². The highest BCUT2D eigenvalue weighted by Gasteiger charge is 2.34. The first-order chi connectivity index (χ1) is 20.6. The summed E-state index contributed by atoms with van der Waals surface area (Å²) in [4.78, 5) is 42.3. The summed E-state index contributed by atoms with van der Waals surface area (Å²) in [5.41, 5.74) is 1.56. The number of hydrogen-bond acceptors (Lipinski definition) is 6. The lowest BCUT2D eigenvalue weighted by molar-refractivity contribution is 0.0371. The van der Waals surface area contributed by atoms with Gasteiger partial charge in [-0.15, -0.1) is 0 Å². The van der Waals surface area contributed by atoms with Crippen LogP contribution in [0.4, 0.5) is 31.0 Å². The molecule has 0 radical (unpaired) electrons. The van der Waals surface area contributed by atoms with Crippen molar-refractivity contribution < 1.29 is 33.4 Å². The second kappa shape index (κ2) is 13.9. The smallest absolute Gasteiger partial charge is 0.323 e. The zero-order valence-electron chi connectivity index (χ0n) is 24.5. The van der Waals surface area contributed by atoms with Gasteiger partial charge in [0, 0.05) is 36.6 Å². The van der Waals surface area contributed by atoms with Crippen LogP contribution in [0.1, 0.15) is 24.2 Å². The van der Waals surface area contributed by atoms with E-state index in [9.17, 15) is 23.9 Å². The first-order valence-electron chi connectivity index (χ1n) is 13.8. The number of ether oxygens (including phenoxy) is 2. The molecule has 43 heavy (non-hydrogen) atoms. The van der Waals surface area contributed by atoms with E-state index in [0.717, 1.165) is 0 Å². The second-order valence-electron chi connectivity index (χ2n) is 10.5. The molecule has 3 aromatic carbocycles. The predicted molar refractivity (Wildman–Crippen MR) is 161 cm³/mol. The van der Waals surface area contributed by atoms with E-state index >= 15 is 0 Å². The van der Waals surface area contributed by atoms with Crippen LogP contribution >= 0.6 is 0 Å². The molecule has 1 aliphatic rings. The maximum atomic E-state index is 13.7. The lowest BCUT2D eigenvalue weighted by Gasteiger charge is -2.38. The SMILES string of the molecule is COc1ccc(NC(=O)Nc2ccc3c(c2)C(=O)N([C@@H](C)CO)C[C@H](C)[C@@H](CN(C)C(=O)Nc2ccc(F)cc2)O3)cc1. The quantitative estimate of drug-likeness (QED) is 0.295. The number of amides is 5. The molecule has 1 heterocycles. The number of fused-ring (bicyclic) bond motifs is 1. The highest BCUT2D eigenvalue weighted by molar-refractivity contribution is 6.02. The molecular formula is C31H36FN5O6. The third-order valence-electron chi connectivity index (χ3n) is 7.17. The number of aliphatic hydroxyl groups excluding tert-OH is 1. The van der Waals surface area contributed by atoms with Crippen molar-refractivity contribution in [1.82, 2.24) is 9.80 Å². The van der Waals surface area contributed by atoms with E-state index in [1.54, 1.807) is 62.4 Å². The van der Waals surface area contributed by atoms with Gasteiger partial charge in [-0.1, -0.05) is 6.92 Å². The van der Waals surface area contributed by atoms with E-state index in [1.807, 2.05) is 6.92 Å². The summed E-state index contributed by atoms with van der Waals surface area (Å²) in [6.45, 7) is 3.84. The molecule has 0 fully saturated rings. The molecule has 4 N–H and O–H groups in total. The largest absolute Gasteiger partial charge is 0.497 e. The monoisotopic (exact) mass is 593 g/mol. The normalized spacial score (nSPS) is 17.0. The maximum Gasteiger partial charge on any atom is 0.323 e. The van der Waals surface area contributed by atoms with Gasteiger partial charge in [-0.05, 0) is 73.7 Å². The average Bonchev–Trinajstić information content (AvgIpc) is 3.00. The van der Waals surface area contributed by atoms with E-state index in [2.05, 4.69) is 16.0 Å². The molecule has 0 unspecified atom stereocenters. The maximum absolute atomic E-state index is 13.7. The molecule has 0 saturated heterocycles. The zero-order valence-corrected chi connectivity index (χ0v) is 24.5. The van der Waals surface area contributed by atoms with Crippen molar-refractivity contribution in [3.05, 3.63) is 78.1 Å². The molecule has 3 atom stereocenters. The second-order valence-corrected chi connectivity index (χ2v) is 10.5. The van der Waals surface area contributed by atoms with E-state index in [0.29, 0.717) is 22.8 Å². The Hall–Kier alpha value is -4.84. The number of rotatable bonds is 8. The summed E-state index contributed by atoms with van der Waals surface area (Å²) in [6, 6.07) is 15.6. The van der Waals surface area contributed by atoms with Crippen molar-refractivity contribution >= 4 is 35.0 Å². The Labute approximate surface area is 249 Å². The van der Waals surface area contributed by atoms with Gasteiger partial charge in [0.15, 0.2) is 0 Å². The lowest BCUT2D eigenvalue weighted by Crippen LogP contribution is -2.50. The molecule has 228 valence electrons. The summed E-state index contributed by atoms with van der Waals surface area (Å²) in [7, 11) is 3.17. The van der Waals surface area contributed by atoms with Crippen LogP contribution in [0.25, 0.3) is 0 Å². The minimum atomic E-state index is -0.526. The minimum absolute atomic E-state index is 0.174. The molecule has 0 spiro atoms. The Morgan fingerprint density at radius 3 is 2.30 bits per heavy atom. The fourth-order valence-electron chi connectivity index (χ4n) is 4.59. The molecule has 0 saturated carbocycles. The highest BCUT2D eigenvalue weighted by atomic mass is 19.1. The molecule has 4 rings (SSSR count). The van der Waals surface area contributed by atoms with Crippen molar-refractivity contribution in [3.8, 4) is 11.5 Å². The molecule has 11 nitrogen and oxygen atoms in total. The fourth-order valence-corrected chi connectivity index (χ4v) is 4.59. The molecule has 0 aliphatic carbocycles. The van der Waals surface area contributed by atoms with Gasteiger partial charge in [-0.2, -0.15) is 0 Å². The van der Waals surface area contributed by atoms with E-state index in [1.165, 1.54) is 35.2 Å². The number of benzene rings is 3. The van der Waals surface area contributed by atoms with Crippen molar-refractivity contribution in [3.63, 3.8) is 0 Å². The van der Waals surface area contributed by atoms with Gasteiger partial charge in [0.2, 0.25) is 0 Å². The van der Waals surface area contributed by atoms with Crippen molar-refractivity contribution in [2.45, 2.75) is 26.0 Å². The number of carbonyl (C=O) groups is 3. The number of urea groups is 2. The fraction of sp³-hybridized carbons (Fsp3) is 0.323. The molecule has 0 aromatic heterocycles. The van der Waals surface area contributed by atoms with Gasteiger partial charge in [0.25, 0.3) is 5.91 Å². The van der Waals surface area contributed by atoms with Gasteiger partial charge in [-0.25, -0.2) is 14.0 Å². The number of carbonyl (C=O) groups excluding carboxylic acids is 3. The number of hydrogen-bond donors (Lipinski definition) is 4. The number of nitrogens with zero attached hydrogens (tertiary/aromatic N) is 2. The number of anilines is 3. The summed E-state index contributed by atoms with van der Waals surface area (Å²) in [5, 5.41) is 18.1. The van der Waals surface area contributed by atoms with E-state index < -0.39 is 30.0 Å². The Balaban J connectivity index is 1.53. The van der Waals surface area contributed by atoms with Crippen LogP contribution in [0.15, 0.2) is 66.7 Å². The summed E-state index contributed by atoms with van der Waals surface area (Å²) in [6.07, 6.45) is -0.526. The first kappa shape index (κ1) is 31.1. The standard InChI is InChI=1S/C31H36FN5O6/c1-19-16-37(20(2)18-38)29(39)26-15-24(34-30(40)33-22-9-12-25(42-4)13-10-22)11-14-27(26)43-28(19)17-36(3)31(41)35-23-7-5-21(32)6-8-23/h5-15,19-20,28,38H,16-18H2,1-4H3,(H,35,41)(H2,33,34,40)/t19-,20-,28+/m0/s1.